The Bertz CT molecular complexity index is 613. The Morgan fingerprint density at radius 1 is 1.27 bits per heavy atom. The Kier molecular flexibility index (Phi) is 5.38. The second kappa shape index (κ2) is 7.26. The van der Waals surface area contributed by atoms with E-state index in [1.807, 2.05) is 38.1 Å². The molecule has 2 N–H and O–H groups in total. The van der Waals surface area contributed by atoms with Gasteiger partial charge in [-0.3, -0.25) is 0 Å². The molecule has 1 aromatic rings. The molecule has 0 aliphatic carbocycles. The summed E-state index contributed by atoms with van der Waals surface area (Å²) in [6.45, 7) is 6.38. The first-order valence-electron chi connectivity index (χ1n) is 7.25. The van der Waals surface area contributed by atoms with Crippen molar-refractivity contribution >= 4 is 23.3 Å². The van der Waals surface area contributed by atoms with Gasteiger partial charge in [-0.2, -0.15) is 0 Å². The van der Waals surface area contributed by atoms with Gasteiger partial charge in [0.25, 0.3) is 0 Å². The third-order valence-corrected chi connectivity index (χ3v) is 3.51. The van der Waals surface area contributed by atoms with Crippen LogP contribution in [0.1, 0.15) is 32.4 Å². The molecule has 0 radical (unpaired) electrons. The quantitative estimate of drug-likeness (QED) is 0.642. The Labute approximate surface area is 135 Å². The van der Waals surface area contributed by atoms with Gasteiger partial charge in [0.1, 0.15) is 5.75 Å². The molecule has 5 nitrogen and oxygen atoms in total. The van der Waals surface area contributed by atoms with Gasteiger partial charge in [-0.25, -0.2) is 4.79 Å². The minimum absolute atomic E-state index is 0.319. The van der Waals surface area contributed by atoms with Crippen LogP contribution in [0.3, 0.4) is 0 Å². The Balaban J connectivity index is 2.48. The molecular formula is C16H20N2O3S. The number of para-hydroxylation sites is 1. The molecule has 1 atom stereocenters. The summed E-state index contributed by atoms with van der Waals surface area (Å²) >= 11 is 5.22. The molecule has 1 aliphatic heterocycles. The number of thiocarbonyl (C=S) groups is 1. The van der Waals surface area contributed by atoms with Crippen LogP contribution in [-0.2, 0) is 9.53 Å². The molecule has 1 aliphatic rings. The van der Waals surface area contributed by atoms with Crippen molar-refractivity contribution in [1.82, 2.24) is 10.6 Å². The highest BCUT2D eigenvalue weighted by molar-refractivity contribution is 7.80. The van der Waals surface area contributed by atoms with Crippen molar-refractivity contribution in [2.24, 2.45) is 0 Å². The normalized spacial score (nSPS) is 17.6. The van der Waals surface area contributed by atoms with E-state index in [9.17, 15) is 4.79 Å². The lowest BCUT2D eigenvalue weighted by atomic mass is 9.95. The lowest BCUT2D eigenvalue weighted by Gasteiger charge is -2.30. The van der Waals surface area contributed by atoms with E-state index in [1.165, 1.54) is 0 Å². The molecule has 0 bridgehead atoms. The van der Waals surface area contributed by atoms with Gasteiger partial charge < -0.3 is 20.1 Å². The molecule has 118 valence electrons. The average molecular weight is 320 g/mol. The highest BCUT2D eigenvalue weighted by atomic mass is 32.1. The van der Waals surface area contributed by atoms with Crippen LogP contribution in [0, 0.1) is 0 Å². The lowest BCUT2D eigenvalue weighted by Crippen LogP contribution is -2.45. The van der Waals surface area contributed by atoms with Crippen molar-refractivity contribution in [3.8, 4) is 5.75 Å². The second-order valence-electron chi connectivity index (χ2n) is 4.76. The number of carbonyl (C=O) groups is 1. The third kappa shape index (κ3) is 3.39. The first kappa shape index (κ1) is 16.3. The molecule has 0 unspecified atom stereocenters. The molecule has 0 saturated carbocycles. The van der Waals surface area contributed by atoms with Crippen LogP contribution >= 0.6 is 12.2 Å². The number of rotatable bonds is 5. The zero-order chi connectivity index (χ0) is 16.1. The summed E-state index contributed by atoms with van der Waals surface area (Å²) in [5, 5.41) is 6.58. The van der Waals surface area contributed by atoms with Crippen molar-refractivity contribution in [3.63, 3.8) is 0 Å². The van der Waals surface area contributed by atoms with Crippen molar-refractivity contribution < 1.29 is 14.3 Å². The number of hydrogen-bond acceptors (Lipinski definition) is 4. The maximum atomic E-state index is 12.3. The highest BCUT2D eigenvalue weighted by Crippen LogP contribution is 2.33. The summed E-state index contributed by atoms with van der Waals surface area (Å²) < 4.78 is 10.8. The van der Waals surface area contributed by atoms with Crippen molar-refractivity contribution in [1.29, 1.82) is 0 Å². The maximum absolute atomic E-state index is 12.3. The van der Waals surface area contributed by atoms with E-state index < -0.39 is 6.04 Å². The monoisotopic (exact) mass is 320 g/mol. The predicted octanol–water partition coefficient (Wildman–Crippen LogP) is 2.44. The molecule has 22 heavy (non-hydrogen) atoms. The number of nitrogens with one attached hydrogen (secondary N) is 2. The van der Waals surface area contributed by atoms with Gasteiger partial charge in [0, 0.05) is 11.3 Å². The molecule has 6 heteroatoms. The van der Waals surface area contributed by atoms with Gasteiger partial charge in [-0.05, 0) is 39.1 Å². The number of hydrogen-bond donors (Lipinski definition) is 2. The first-order valence-corrected chi connectivity index (χ1v) is 7.66. The minimum atomic E-state index is -0.393. The van der Waals surface area contributed by atoms with E-state index in [-0.39, 0.29) is 5.97 Å². The fourth-order valence-corrected chi connectivity index (χ4v) is 2.68. The number of ether oxygens (including phenoxy) is 2. The smallest absolute Gasteiger partial charge is 0.338 e. The van der Waals surface area contributed by atoms with Crippen molar-refractivity contribution in [2.45, 2.75) is 26.8 Å². The molecule has 0 saturated heterocycles. The maximum Gasteiger partial charge on any atom is 0.338 e. The summed E-state index contributed by atoms with van der Waals surface area (Å²) in [6, 6.07) is 7.21. The predicted molar refractivity (Wildman–Crippen MR) is 88.6 cm³/mol. The fraction of sp³-hybridized carbons (Fsp3) is 0.375. The molecule has 1 heterocycles. The summed E-state index contributed by atoms with van der Waals surface area (Å²) in [5.41, 5.74) is 2.07. The summed E-state index contributed by atoms with van der Waals surface area (Å²) in [6.07, 6.45) is 0. The summed E-state index contributed by atoms with van der Waals surface area (Å²) in [7, 11) is 0. The van der Waals surface area contributed by atoms with Crippen LogP contribution in [-0.4, -0.2) is 24.3 Å². The molecule has 0 spiro atoms. The van der Waals surface area contributed by atoms with Gasteiger partial charge in [0.15, 0.2) is 5.11 Å². The van der Waals surface area contributed by atoms with Crippen LogP contribution in [0.4, 0.5) is 0 Å². The molecular weight excluding hydrogens is 300 g/mol. The standard InChI is InChI=1S/C16H20N2O3S/c1-4-20-12-9-7-6-8-11(12)14-13(15(19)21-5-2)10(3)17-16(22)18-14/h6-9,14H,4-5H2,1-3H3,(H2,17,18,22)/t14-/m0/s1. The van der Waals surface area contributed by atoms with E-state index in [1.54, 1.807) is 6.92 Å². The largest absolute Gasteiger partial charge is 0.494 e. The Morgan fingerprint density at radius 2 is 2.00 bits per heavy atom. The van der Waals surface area contributed by atoms with E-state index in [4.69, 9.17) is 21.7 Å². The number of allylic oxidation sites excluding steroid dienone is 1. The van der Waals surface area contributed by atoms with Crippen LogP contribution < -0.4 is 15.4 Å². The molecule has 2 rings (SSSR count). The number of esters is 1. The number of benzene rings is 1. The first-order chi connectivity index (χ1) is 10.6. The Hall–Kier alpha value is -2.08. The average Bonchev–Trinajstić information content (AvgIpc) is 2.47. The van der Waals surface area contributed by atoms with E-state index in [0.29, 0.717) is 29.6 Å². The van der Waals surface area contributed by atoms with Crippen LogP contribution in [0.25, 0.3) is 0 Å². The van der Waals surface area contributed by atoms with Gasteiger partial charge in [-0.15, -0.1) is 0 Å². The minimum Gasteiger partial charge on any atom is -0.494 e. The van der Waals surface area contributed by atoms with E-state index in [0.717, 1.165) is 11.3 Å². The topological polar surface area (TPSA) is 59.6 Å². The van der Waals surface area contributed by atoms with Crippen molar-refractivity contribution in [2.75, 3.05) is 13.2 Å². The molecule has 1 aromatic carbocycles. The highest BCUT2D eigenvalue weighted by Gasteiger charge is 2.32. The SMILES string of the molecule is CCOC(=O)C1=C(C)NC(=S)N[C@H]1c1ccccc1OCC. The zero-order valence-electron chi connectivity index (χ0n) is 12.9. The number of carbonyl (C=O) groups excluding carboxylic acids is 1. The zero-order valence-corrected chi connectivity index (χ0v) is 13.8. The fourth-order valence-electron chi connectivity index (χ4n) is 2.41. The Morgan fingerprint density at radius 3 is 2.68 bits per heavy atom. The van der Waals surface area contributed by atoms with Gasteiger partial charge in [0.2, 0.25) is 0 Å². The second-order valence-corrected chi connectivity index (χ2v) is 5.17. The van der Waals surface area contributed by atoms with Crippen molar-refractivity contribution in [3.05, 3.63) is 41.1 Å². The lowest BCUT2D eigenvalue weighted by molar-refractivity contribution is -0.139. The molecule has 0 fully saturated rings. The van der Waals surface area contributed by atoms with E-state index >= 15 is 0 Å². The summed E-state index contributed by atoms with van der Waals surface area (Å²) in [5.74, 6) is 0.362. The molecule has 0 amide bonds. The third-order valence-electron chi connectivity index (χ3n) is 3.29. The van der Waals surface area contributed by atoms with Gasteiger partial charge in [-0.1, -0.05) is 18.2 Å². The van der Waals surface area contributed by atoms with Gasteiger partial charge >= 0.3 is 5.97 Å². The van der Waals surface area contributed by atoms with Gasteiger partial charge in [0.05, 0.1) is 24.8 Å². The van der Waals surface area contributed by atoms with Crippen LogP contribution in [0.5, 0.6) is 5.75 Å². The van der Waals surface area contributed by atoms with Crippen LogP contribution in [0.2, 0.25) is 0 Å². The summed E-state index contributed by atoms with van der Waals surface area (Å²) in [4.78, 5) is 12.3. The van der Waals surface area contributed by atoms with E-state index in [2.05, 4.69) is 10.6 Å². The molecule has 0 aromatic heterocycles. The van der Waals surface area contributed by atoms with Crippen LogP contribution in [0.15, 0.2) is 35.5 Å².